The van der Waals surface area contributed by atoms with E-state index in [2.05, 4.69) is 117 Å². The van der Waals surface area contributed by atoms with Crippen LogP contribution in [-0.4, -0.2) is 72.2 Å². The summed E-state index contributed by atoms with van der Waals surface area (Å²) >= 11 is 0. The summed E-state index contributed by atoms with van der Waals surface area (Å²) in [4.78, 5) is 13.7. The number of hydrogen-bond acceptors (Lipinski definition) is 9. The standard InChI is InChI=1S/C46H76O9Si3/c1-29(2)57(30(3)4,31(5)6)54-37-25-36-27-50-46(41(36)38(26-37)55-58(32(7)8,33(9)10)34(11)12)44(52-40(47)24-23-35-21-19-18-20-22-35)43(49)42(48)39(53-46)28-51-56(16,17)45(13,14)15/h18-26,29-34,39,42-44,48-49H,27-28H2,1-17H3/b24-23+/t39-,42-,43+,44-,46+/m1/s1. The van der Waals surface area contributed by atoms with E-state index in [4.69, 9.17) is 27.5 Å². The van der Waals surface area contributed by atoms with Crippen molar-refractivity contribution < 1.29 is 42.5 Å². The van der Waals surface area contributed by atoms with Crippen LogP contribution in [0.4, 0.5) is 0 Å². The molecule has 0 saturated carbocycles. The Morgan fingerprint density at radius 3 is 1.83 bits per heavy atom. The van der Waals surface area contributed by atoms with Gasteiger partial charge in [0.15, 0.2) is 14.4 Å². The Kier molecular flexibility index (Phi) is 15.3. The van der Waals surface area contributed by atoms with E-state index in [1.165, 1.54) is 6.08 Å². The molecule has 0 amide bonds. The van der Waals surface area contributed by atoms with Crippen molar-refractivity contribution >= 4 is 37.0 Å². The molecule has 2 N–H and O–H groups in total. The van der Waals surface area contributed by atoms with E-state index in [0.29, 0.717) is 33.7 Å². The zero-order valence-electron chi connectivity index (χ0n) is 38.6. The summed E-state index contributed by atoms with van der Waals surface area (Å²) < 4.78 is 41.5. The smallest absolute Gasteiger partial charge is 0.331 e. The lowest BCUT2D eigenvalue weighted by molar-refractivity contribution is -0.368. The first-order chi connectivity index (χ1) is 26.8. The molecule has 0 unspecified atom stereocenters. The van der Waals surface area contributed by atoms with Crippen molar-refractivity contribution in [3.8, 4) is 11.5 Å². The molecule has 2 aliphatic rings. The lowest BCUT2D eigenvalue weighted by atomic mass is 9.86. The van der Waals surface area contributed by atoms with E-state index in [1.54, 1.807) is 6.08 Å². The number of carbonyl (C=O) groups excluding carboxylic acids is 1. The molecule has 2 aliphatic heterocycles. The van der Waals surface area contributed by atoms with Gasteiger partial charge in [0, 0.05) is 12.1 Å². The van der Waals surface area contributed by atoms with E-state index >= 15 is 0 Å². The zero-order chi connectivity index (χ0) is 43.8. The third-order valence-corrected chi connectivity index (χ3v) is 30.0. The summed E-state index contributed by atoms with van der Waals surface area (Å²) in [6, 6.07) is 13.4. The van der Waals surface area contributed by atoms with Crippen molar-refractivity contribution in [1.29, 1.82) is 0 Å². The number of benzene rings is 2. The maximum absolute atomic E-state index is 13.7. The van der Waals surface area contributed by atoms with Gasteiger partial charge in [0.2, 0.25) is 5.79 Å². The number of carbonyl (C=O) groups is 1. The molecule has 1 fully saturated rings. The lowest BCUT2D eigenvalue weighted by Gasteiger charge is -2.49. The highest BCUT2D eigenvalue weighted by Crippen LogP contribution is 2.55. The fourth-order valence-electron chi connectivity index (χ4n) is 9.64. The Morgan fingerprint density at radius 1 is 0.810 bits per heavy atom. The van der Waals surface area contributed by atoms with Gasteiger partial charge in [0.1, 0.15) is 29.8 Å². The monoisotopic (exact) mass is 856 g/mol. The molecule has 4 rings (SSSR count). The summed E-state index contributed by atoms with van der Waals surface area (Å²) in [5.74, 6) is -1.30. The van der Waals surface area contributed by atoms with Crippen molar-refractivity contribution in [2.75, 3.05) is 6.61 Å². The molecule has 2 aromatic carbocycles. The summed E-state index contributed by atoms with van der Waals surface area (Å²) in [6.45, 7) is 37.8. The molecule has 1 saturated heterocycles. The predicted octanol–water partition coefficient (Wildman–Crippen LogP) is 11.2. The van der Waals surface area contributed by atoms with Crippen LogP contribution in [0.3, 0.4) is 0 Å². The molecule has 58 heavy (non-hydrogen) atoms. The van der Waals surface area contributed by atoms with Gasteiger partial charge in [-0.1, -0.05) is 134 Å². The number of ether oxygens (including phenoxy) is 3. The first kappa shape index (κ1) is 48.4. The number of aliphatic hydroxyl groups excluding tert-OH is 2. The Labute approximate surface area is 353 Å². The van der Waals surface area contributed by atoms with E-state index in [-0.39, 0.29) is 34.9 Å². The third kappa shape index (κ3) is 9.29. The molecule has 0 aliphatic carbocycles. The molecular formula is C46H76O9Si3. The molecular weight excluding hydrogens is 781 g/mol. The average Bonchev–Trinajstić information content (AvgIpc) is 3.48. The van der Waals surface area contributed by atoms with Crippen LogP contribution in [0.1, 0.15) is 121 Å². The largest absolute Gasteiger partial charge is 0.543 e. The molecule has 2 heterocycles. The summed E-state index contributed by atoms with van der Waals surface area (Å²) in [5, 5.41) is 23.8. The second-order valence-corrected chi connectivity index (χ2v) is 35.6. The fraction of sp³-hybridized carbons (Fsp3) is 0.674. The maximum Gasteiger partial charge on any atom is 0.331 e. The van der Waals surface area contributed by atoms with E-state index in [9.17, 15) is 15.0 Å². The minimum Gasteiger partial charge on any atom is -0.543 e. The summed E-state index contributed by atoms with van der Waals surface area (Å²) in [7, 11) is -7.41. The number of rotatable bonds is 16. The van der Waals surface area contributed by atoms with Gasteiger partial charge < -0.3 is 37.7 Å². The zero-order valence-corrected chi connectivity index (χ0v) is 41.6. The lowest BCUT2D eigenvalue weighted by Crippen LogP contribution is -2.65. The quantitative estimate of drug-likeness (QED) is 0.0968. The van der Waals surface area contributed by atoms with Crippen molar-refractivity contribution in [3.05, 3.63) is 65.2 Å². The van der Waals surface area contributed by atoms with Crippen LogP contribution in [0.5, 0.6) is 11.5 Å². The molecule has 0 bridgehead atoms. The number of fused-ring (bicyclic) bond motifs is 2. The topological polar surface area (TPSA) is 113 Å². The Hall–Kier alpha value is -2.30. The van der Waals surface area contributed by atoms with Gasteiger partial charge in [0.05, 0.1) is 18.8 Å². The number of aliphatic hydroxyl groups is 2. The molecule has 2 aromatic rings. The minimum absolute atomic E-state index is 0.00901. The molecule has 5 atom stereocenters. The van der Waals surface area contributed by atoms with Gasteiger partial charge in [0.25, 0.3) is 16.6 Å². The van der Waals surface area contributed by atoms with E-state index < -0.39 is 61.1 Å². The van der Waals surface area contributed by atoms with Crippen LogP contribution in [0.2, 0.25) is 51.4 Å². The van der Waals surface area contributed by atoms with Gasteiger partial charge in [-0.15, -0.1) is 0 Å². The number of hydrogen-bond donors (Lipinski definition) is 2. The van der Waals surface area contributed by atoms with Crippen LogP contribution in [0.15, 0.2) is 48.5 Å². The van der Waals surface area contributed by atoms with Gasteiger partial charge in [-0.25, -0.2) is 4.79 Å². The second-order valence-electron chi connectivity index (χ2n) is 20.1. The van der Waals surface area contributed by atoms with Crippen molar-refractivity contribution in [1.82, 2.24) is 0 Å². The van der Waals surface area contributed by atoms with Crippen molar-refractivity contribution in [3.63, 3.8) is 0 Å². The van der Waals surface area contributed by atoms with Gasteiger partial charge in [-0.05, 0) is 74.6 Å². The van der Waals surface area contributed by atoms with E-state index in [0.717, 1.165) is 11.1 Å². The molecule has 12 heteroatoms. The first-order valence-corrected chi connectivity index (χ1v) is 28.8. The highest BCUT2D eigenvalue weighted by atomic mass is 28.4. The SMILES string of the molecule is CC(C)[Si](Oc1cc2c(c(O[Si](C(C)C)(C(C)C)C(C)C)c1)[C@]1(OC2)O[C@H](CO[Si](C)(C)C(C)(C)C)[C@@H](O)[C@H](O)[C@H]1OC(=O)/C=C/c1ccccc1)(C(C)C)C(C)C. The molecule has 326 valence electrons. The highest BCUT2D eigenvalue weighted by Gasteiger charge is 2.63. The summed E-state index contributed by atoms with van der Waals surface area (Å²) in [6.07, 6.45) is -2.54. The van der Waals surface area contributed by atoms with Crippen molar-refractivity contribution in [2.24, 2.45) is 0 Å². The van der Waals surface area contributed by atoms with Crippen molar-refractivity contribution in [2.45, 2.75) is 192 Å². The van der Waals surface area contributed by atoms with Crippen LogP contribution in [0, 0.1) is 0 Å². The molecule has 0 aromatic heterocycles. The molecule has 1 spiro atoms. The van der Waals surface area contributed by atoms with Crippen LogP contribution < -0.4 is 8.85 Å². The van der Waals surface area contributed by atoms with Crippen LogP contribution in [0.25, 0.3) is 6.08 Å². The number of esters is 1. The normalized spacial score (nSPS) is 23.3. The summed E-state index contributed by atoms with van der Waals surface area (Å²) in [5.41, 5.74) is 3.79. The first-order valence-electron chi connectivity index (χ1n) is 21.6. The predicted molar refractivity (Wildman–Crippen MR) is 242 cm³/mol. The Morgan fingerprint density at radius 2 is 1.33 bits per heavy atom. The minimum atomic E-state index is -2.66. The van der Waals surface area contributed by atoms with Crippen LogP contribution in [-0.2, 0) is 35.8 Å². The molecule has 9 nitrogen and oxygen atoms in total. The third-order valence-electron chi connectivity index (χ3n) is 13.6. The van der Waals surface area contributed by atoms with Gasteiger partial charge in [-0.2, -0.15) is 0 Å². The second kappa shape index (κ2) is 18.4. The fourth-order valence-corrected chi connectivity index (χ4v) is 21.1. The van der Waals surface area contributed by atoms with Gasteiger partial charge in [-0.3, -0.25) is 0 Å². The Bertz CT molecular complexity index is 1670. The van der Waals surface area contributed by atoms with Crippen LogP contribution >= 0.6 is 0 Å². The Balaban J connectivity index is 1.99. The average molecular weight is 857 g/mol. The van der Waals surface area contributed by atoms with Gasteiger partial charge >= 0.3 is 5.97 Å². The maximum atomic E-state index is 13.7. The highest BCUT2D eigenvalue weighted by molar-refractivity contribution is 6.79. The molecule has 0 radical (unpaired) electrons. The van der Waals surface area contributed by atoms with E-state index in [1.807, 2.05) is 42.5 Å².